The molecule has 0 saturated carbocycles. The topological polar surface area (TPSA) is 55.8 Å². The van der Waals surface area contributed by atoms with Gasteiger partial charge >= 0.3 is 6.16 Å². The molecule has 10 heavy (non-hydrogen) atoms. The molecule has 0 saturated heterocycles. The maximum atomic E-state index is 10.0. The molecule has 0 aromatic carbocycles. The average molecular weight is 148 g/mol. The van der Waals surface area contributed by atoms with E-state index >= 15 is 0 Å². The number of hydrogen-bond donors (Lipinski definition) is 1. The number of carbonyl (C=O) groups is 1. The van der Waals surface area contributed by atoms with Gasteiger partial charge in [-0.05, 0) is 13.8 Å². The van der Waals surface area contributed by atoms with Crippen LogP contribution >= 0.6 is 0 Å². The summed E-state index contributed by atoms with van der Waals surface area (Å²) in [5.74, 6) is 0. The summed E-state index contributed by atoms with van der Waals surface area (Å²) in [5.41, 5.74) is -0.749. The Balaban J connectivity index is 3.74. The van der Waals surface area contributed by atoms with Crippen molar-refractivity contribution in [2.45, 2.75) is 19.4 Å². The zero-order valence-electron chi connectivity index (χ0n) is 6.38. The van der Waals surface area contributed by atoms with Crippen LogP contribution in [0.2, 0.25) is 0 Å². The van der Waals surface area contributed by atoms with E-state index in [0.29, 0.717) is 0 Å². The Bertz CT molecular complexity index is 119. The van der Waals surface area contributed by atoms with Crippen molar-refractivity contribution in [2.75, 3.05) is 13.7 Å². The van der Waals surface area contributed by atoms with Gasteiger partial charge in [0, 0.05) is 7.11 Å². The Morgan fingerprint density at radius 3 is 2.40 bits per heavy atom. The van der Waals surface area contributed by atoms with Crippen LogP contribution in [0, 0.1) is 0 Å². The lowest BCUT2D eigenvalue weighted by atomic mass is 10.1. The smallest absolute Gasteiger partial charge is 0.450 e. The van der Waals surface area contributed by atoms with Gasteiger partial charge in [-0.15, -0.1) is 0 Å². The van der Waals surface area contributed by atoms with Crippen LogP contribution < -0.4 is 0 Å². The Hall–Kier alpha value is -0.770. The van der Waals surface area contributed by atoms with Crippen LogP contribution in [0.5, 0.6) is 0 Å². The van der Waals surface area contributed by atoms with E-state index in [9.17, 15) is 4.79 Å². The van der Waals surface area contributed by atoms with Crippen LogP contribution in [-0.2, 0) is 9.47 Å². The van der Waals surface area contributed by atoms with Crippen molar-refractivity contribution < 1.29 is 19.4 Å². The standard InChI is InChI=1S/C6H12O4/c1-6(2,4-9-3)10-5(7)8/h4H2,1-3H3,(H,7,8). The molecular formula is C6H12O4. The number of rotatable bonds is 3. The predicted molar refractivity (Wildman–Crippen MR) is 35.1 cm³/mol. The van der Waals surface area contributed by atoms with Crippen molar-refractivity contribution in [1.29, 1.82) is 0 Å². The molecule has 0 atom stereocenters. The van der Waals surface area contributed by atoms with Crippen LogP contribution in [0.4, 0.5) is 4.79 Å². The van der Waals surface area contributed by atoms with Gasteiger partial charge in [0.05, 0.1) is 6.61 Å². The van der Waals surface area contributed by atoms with Gasteiger partial charge in [-0.1, -0.05) is 0 Å². The summed E-state index contributed by atoms with van der Waals surface area (Å²) in [4.78, 5) is 10.0. The summed E-state index contributed by atoms with van der Waals surface area (Å²) in [5, 5.41) is 8.20. The molecule has 0 unspecified atom stereocenters. The molecule has 0 aliphatic carbocycles. The number of ether oxygens (including phenoxy) is 2. The number of hydrogen-bond acceptors (Lipinski definition) is 3. The van der Waals surface area contributed by atoms with E-state index in [2.05, 4.69) is 4.74 Å². The molecule has 4 heteroatoms. The van der Waals surface area contributed by atoms with E-state index in [1.807, 2.05) is 0 Å². The van der Waals surface area contributed by atoms with Crippen molar-refractivity contribution in [1.82, 2.24) is 0 Å². The van der Waals surface area contributed by atoms with E-state index in [1.54, 1.807) is 13.8 Å². The minimum Gasteiger partial charge on any atom is -0.450 e. The third-order valence-electron chi connectivity index (χ3n) is 0.856. The second-order valence-corrected chi connectivity index (χ2v) is 2.56. The molecule has 0 aliphatic rings. The second-order valence-electron chi connectivity index (χ2n) is 2.56. The highest BCUT2D eigenvalue weighted by atomic mass is 16.7. The monoisotopic (exact) mass is 148 g/mol. The first kappa shape index (κ1) is 9.23. The van der Waals surface area contributed by atoms with E-state index in [0.717, 1.165) is 0 Å². The minimum atomic E-state index is -1.28. The fraction of sp³-hybridized carbons (Fsp3) is 0.833. The molecular weight excluding hydrogens is 136 g/mol. The highest BCUT2D eigenvalue weighted by Crippen LogP contribution is 2.08. The number of methoxy groups -OCH3 is 1. The predicted octanol–water partition coefficient (Wildman–Crippen LogP) is 1.11. The zero-order chi connectivity index (χ0) is 8.20. The minimum absolute atomic E-state index is 0.263. The maximum Gasteiger partial charge on any atom is 0.506 e. The summed E-state index contributed by atoms with van der Waals surface area (Å²) >= 11 is 0. The third-order valence-corrected chi connectivity index (χ3v) is 0.856. The first-order valence-electron chi connectivity index (χ1n) is 2.89. The fourth-order valence-corrected chi connectivity index (χ4v) is 0.613. The molecule has 1 N–H and O–H groups in total. The van der Waals surface area contributed by atoms with Crippen LogP contribution in [0.1, 0.15) is 13.8 Å². The Morgan fingerprint density at radius 1 is 1.60 bits per heavy atom. The molecule has 0 fully saturated rings. The third kappa shape index (κ3) is 4.14. The molecule has 0 amide bonds. The zero-order valence-corrected chi connectivity index (χ0v) is 6.38. The number of carboxylic acid groups (broad SMARTS) is 1. The second kappa shape index (κ2) is 3.41. The quantitative estimate of drug-likeness (QED) is 0.609. The van der Waals surface area contributed by atoms with Crippen molar-refractivity contribution in [3.05, 3.63) is 0 Å². The molecule has 0 bridgehead atoms. The summed E-state index contributed by atoms with van der Waals surface area (Å²) in [6.07, 6.45) is -1.28. The van der Waals surface area contributed by atoms with Gasteiger partial charge in [-0.3, -0.25) is 0 Å². The molecule has 0 heterocycles. The average Bonchev–Trinajstić information content (AvgIpc) is 1.59. The van der Waals surface area contributed by atoms with Crippen molar-refractivity contribution >= 4 is 6.16 Å². The van der Waals surface area contributed by atoms with Gasteiger partial charge in [0.15, 0.2) is 0 Å². The molecule has 4 nitrogen and oxygen atoms in total. The molecule has 0 aromatic heterocycles. The van der Waals surface area contributed by atoms with Crippen molar-refractivity contribution in [3.8, 4) is 0 Å². The van der Waals surface area contributed by atoms with Crippen molar-refractivity contribution in [3.63, 3.8) is 0 Å². The molecule has 0 aliphatic heterocycles. The molecule has 0 rings (SSSR count). The lowest BCUT2D eigenvalue weighted by Crippen LogP contribution is -2.32. The molecule has 60 valence electrons. The Kier molecular flexibility index (Phi) is 3.15. The highest BCUT2D eigenvalue weighted by molar-refractivity contribution is 5.57. The van der Waals surface area contributed by atoms with Crippen molar-refractivity contribution in [2.24, 2.45) is 0 Å². The lowest BCUT2D eigenvalue weighted by molar-refractivity contribution is -0.0396. The highest BCUT2D eigenvalue weighted by Gasteiger charge is 2.21. The van der Waals surface area contributed by atoms with Gasteiger partial charge in [0.1, 0.15) is 5.60 Å². The van der Waals surface area contributed by atoms with Gasteiger partial charge < -0.3 is 14.6 Å². The summed E-state index contributed by atoms with van der Waals surface area (Å²) in [7, 11) is 1.49. The van der Waals surface area contributed by atoms with E-state index in [4.69, 9.17) is 9.84 Å². The van der Waals surface area contributed by atoms with Gasteiger partial charge in [0.25, 0.3) is 0 Å². The van der Waals surface area contributed by atoms with Crippen LogP contribution in [0.25, 0.3) is 0 Å². The largest absolute Gasteiger partial charge is 0.506 e. The molecule has 0 aromatic rings. The summed E-state index contributed by atoms with van der Waals surface area (Å²) in [6.45, 7) is 3.55. The lowest BCUT2D eigenvalue weighted by Gasteiger charge is -2.21. The Labute approximate surface area is 59.7 Å². The van der Waals surface area contributed by atoms with E-state index < -0.39 is 11.8 Å². The van der Waals surface area contributed by atoms with Gasteiger partial charge in [0.2, 0.25) is 0 Å². The SMILES string of the molecule is COCC(C)(C)OC(=O)O. The van der Waals surface area contributed by atoms with Gasteiger partial charge in [-0.2, -0.15) is 0 Å². The summed E-state index contributed by atoms with van der Waals surface area (Å²) < 4.78 is 9.19. The van der Waals surface area contributed by atoms with Gasteiger partial charge in [-0.25, -0.2) is 4.79 Å². The van der Waals surface area contributed by atoms with Crippen LogP contribution in [0.3, 0.4) is 0 Å². The van der Waals surface area contributed by atoms with E-state index in [1.165, 1.54) is 7.11 Å². The van der Waals surface area contributed by atoms with Crippen LogP contribution in [-0.4, -0.2) is 30.6 Å². The van der Waals surface area contributed by atoms with Crippen LogP contribution in [0.15, 0.2) is 0 Å². The fourth-order valence-electron chi connectivity index (χ4n) is 0.613. The Morgan fingerprint density at radius 2 is 2.10 bits per heavy atom. The normalized spacial score (nSPS) is 11.1. The molecule has 0 spiro atoms. The summed E-state index contributed by atoms with van der Waals surface area (Å²) in [6, 6.07) is 0. The first-order chi connectivity index (χ1) is 4.48. The van der Waals surface area contributed by atoms with E-state index in [-0.39, 0.29) is 6.61 Å². The molecule has 0 radical (unpaired) electrons. The first-order valence-corrected chi connectivity index (χ1v) is 2.89. The maximum absolute atomic E-state index is 10.0.